The highest BCUT2D eigenvalue weighted by Gasteiger charge is 2.26. The van der Waals surface area contributed by atoms with Gasteiger partial charge in [0.15, 0.2) is 0 Å². The third-order valence-electron chi connectivity index (χ3n) is 16.8. The molecule has 5 aromatic carbocycles. The Morgan fingerprint density at radius 2 is 1.08 bits per heavy atom. The topological polar surface area (TPSA) is 43.5 Å². The van der Waals surface area contributed by atoms with Crippen LogP contribution in [0, 0.1) is 5.92 Å². The van der Waals surface area contributed by atoms with E-state index < -0.39 is 0 Å². The minimum Gasteiger partial charge on any atom is -0.358 e. The van der Waals surface area contributed by atoms with Crippen molar-refractivity contribution < 1.29 is 0 Å². The lowest BCUT2D eigenvalue weighted by Crippen LogP contribution is -2.29. The minimum absolute atomic E-state index is 0.906. The van der Waals surface area contributed by atoms with E-state index in [9.17, 15) is 0 Å². The molecule has 1 N–H and O–H groups in total. The monoisotopic (exact) mass is 957 g/mol. The van der Waals surface area contributed by atoms with Crippen LogP contribution in [0.1, 0.15) is 76.8 Å². The lowest BCUT2D eigenvalue weighted by molar-refractivity contribution is 0.273. The number of hydrogen-bond acceptors (Lipinski definition) is 4. The van der Waals surface area contributed by atoms with E-state index in [1.54, 1.807) is 27.8 Å². The number of para-hydroxylation sites is 4. The summed E-state index contributed by atoms with van der Waals surface area (Å²) in [6.07, 6.45) is 8.78. The summed E-state index contributed by atoms with van der Waals surface area (Å²) in [7, 11) is 13.1. The largest absolute Gasteiger partial charge is 0.358 e. The Bertz CT molecular complexity index is 3400. The van der Waals surface area contributed by atoms with Gasteiger partial charge in [-0.3, -0.25) is 4.90 Å². The van der Waals surface area contributed by atoms with Crippen LogP contribution < -0.4 is 0 Å². The molecule has 0 unspecified atom stereocenters. The van der Waals surface area contributed by atoms with Crippen LogP contribution in [0.25, 0.3) is 49.2 Å². The summed E-state index contributed by atoms with van der Waals surface area (Å²) in [4.78, 5) is 13.0. The van der Waals surface area contributed by atoms with Crippen LogP contribution in [0.15, 0.2) is 133 Å². The normalized spacial score (nSPS) is 18.6. The number of hydrogen-bond donors (Lipinski definition) is 1. The first-order valence-corrected chi connectivity index (χ1v) is 26.9. The molecule has 6 aliphatic rings. The van der Waals surface area contributed by atoms with Crippen LogP contribution in [-0.4, -0.2) is 92.7 Å². The summed E-state index contributed by atoms with van der Waals surface area (Å²) in [6.45, 7) is 12.5. The predicted molar refractivity (Wildman–Crippen MR) is 303 cm³/mol. The van der Waals surface area contributed by atoms with E-state index in [1.165, 1.54) is 136 Å². The van der Waals surface area contributed by atoms with E-state index in [0.29, 0.717) is 0 Å². The molecule has 4 aliphatic heterocycles. The zero-order valence-electron chi connectivity index (χ0n) is 44.1. The van der Waals surface area contributed by atoms with Crippen LogP contribution >= 0.6 is 0 Å². The minimum atomic E-state index is 0.906. The Labute approximate surface area is 428 Å². The van der Waals surface area contributed by atoms with Crippen LogP contribution in [-0.2, 0) is 72.5 Å². The molecular weight excluding hydrogens is 881 g/mol. The molecule has 72 heavy (non-hydrogen) atoms. The number of likely N-dealkylation sites (N-methyl/N-ethyl adjacent to an activating group) is 4. The number of aryl methyl sites for hydroxylation is 2. The first-order chi connectivity index (χ1) is 35.1. The highest BCUT2D eigenvalue weighted by molar-refractivity contribution is 5.87. The molecule has 4 aromatic heterocycles. The van der Waals surface area contributed by atoms with Gasteiger partial charge in [0, 0.05) is 147 Å². The molecule has 2 aliphatic carbocycles. The molecule has 0 bridgehead atoms. The number of allylic oxidation sites excluding steroid dienone is 2. The molecule has 0 saturated carbocycles. The van der Waals surface area contributed by atoms with E-state index in [1.807, 2.05) is 0 Å². The molecule has 0 radical (unpaired) electrons. The quantitative estimate of drug-likeness (QED) is 0.164. The Morgan fingerprint density at radius 1 is 0.486 bits per heavy atom. The van der Waals surface area contributed by atoms with Gasteiger partial charge in [-0.05, 0) is 135 Å². The van der Waals surface area contributed by atoms with Crippen molar-refractivity contribution in [3.05, 3.63) is 184 Å². The number of aromatic nitrogens is 4. The van der Waals surface area contributed by atoms with Crippen molar-refractivity contribution in [2.75, 3.05) is 54.4 Å². The highest BCUT2D eigenvalue weighted by atomic mass is 15.2. The first kappa shape index (κ1) is 48.1. The average molecular weight is 957 g/mol. The Morgan fingerprint density at radius 3 is 1.88 bits per heavy atom. The number of nitrogens with zero attached hydrogens (tertiary/aromatic N) is 7. The van der Waals surface area contributed by atoms with Gasteiger partial charge in [-0.2, -0.15) is 0 Å². The molecule has 1 atom stereocenters. The fraction of sp³-hybridized carbons (Fsp3) is 0.375. The summed E-state index contributed by atoms with van der Waals surface area (Å²) in [5.74, 6) is 0.906. The Balaban J connectivity index is 0.0000000973. The van der Waals surface area contributed by atoms with Crippen molar-refractivity contribution in [3.8, 4) is 0 Å². The fourth-order valence-electron chi connectivity index (χ4n) is 12.8. The van der Waals surface area contributed by atoms with Crippen LogP contribution in [0.5, 0.6) is 0 Å². The smallest absolute Gasteiger partial charge is 0.0483 e. The summed E-state index contributed by atoms with van der Waals surface area (Å²) in [5, 5.41) is 5.65. The van der Waals surface area contributed by atoms with Gasteiger partial charge in [0.2, 0.25) is 0 Å². The molecule has 0 spiro atoms. The molecule has 9 aromatic rings. The van der Waals surface area contributed by atoms with E-state index in [4.69, 9.17) is 0 Å². The van der Waals surface area contributed by atoms with E-state index >= 15 is 0 Å². The van der Waals surface area contributed by atoms with E-state index in [0.717, 1.165) is 51.6 Å². The van der Waals surface area contributed by atoms with Gasteiger partial charge in [-0.15, -0.1) is 0 Å². The summed E-state index contributed by atoms with van der Waals surface area (Å²) >= 11 is 0. The van der Waals surface area contributed by atoms with Crippen molar-refractivity contribution in [3.63, 3.8) is 0 Å². The molecular formula is C64H76N8. The standard InChI is InChI=1S/C14H16.2C13H16N2.2C12H14N2/c1-10-6-7-14-12(8-10)9-11-4-2-3-5-13(11)14;1-14-8-7-13-11(9-14)10-5-3-4-6-12(10)15(13)2;1-14-8-7-11-10-5-3-4-6-12(10)15(2)13(11)9-14;1-13-6-7-14-11(9-13)8-10-4-2-3-5-12(10)14;1-14-7-6-12-10(8-14)9-4-2-3-5-11(9)13-12/h2-5,10H,6-9H2,1H3;2*3-6H,7-9H2,1-2H3;2-5,8H,6-7,9H2,1H3;2-5,13H,6-8H2,1H3/t10-;;;;/m0..../s1. The molecule has 15 rings (SSSR count). The van der Waals surface area contributed by atoms with Crippen molar-refractivity contribution in [2.24, 2.45) is 20.0 Å². The van der Waals surface area contributed by atoms with Gasteiger partial charge in [-0.1, -0.05) is 110 Å². The van der Waals surface area contributed by atoms with Crippen molar-refractivity contribution in [1.82, 2.24) is 38.3 Å². The number of benzene rings is 5. The third-order valence-corrected chi connectivity index (χ3v) is 16.8. The molecule has 0 saturated heterocycles. The zero-order valence-corrected chi connectivity index (χ0v) is 44.1. The maximum atomic E-state index is 3.51. The van der Waals surface area contributed by atoms with Crippen molar-refractivity contribution in [2.45, 2.75) is 84.6 Å². The number of aromatic amines is 1. The van der Waals surface area contributed by atoms with E-state index in [2.05, 4.69) is 215 Å². The lowest BCUT2D eigenvalue weighted by Gasteiger charge is -2.24. The maximum Gasteiger partial charge on any atom is 0.0483 e. The zero-order chi connectivity index (χ0) is 49.5. The second-order valence-corrected chi connectivity index (χ2v) is 21.9. The third kappa shape index (κ3) is 9.62. The number of nitrogens with one attached hydrogen (secondary N) is 1. The fourth-order valence-corrected chi connectivity index (χ4v) is 12.8. The second kappa shape index (κ2) is 20.8. The van der Waals surface area contributed by atoms with Crippen molar-refractivity contribution >= 4 is 49.2 Å². The number of rotatable bonds is 0. The summed E-state index contributed by atoms with van der Waals surface area (Å²) < 4.78 is 7.15. The predicted octanol–water partition coefficient (Wildman–Crippen LogP) is 12.4. The first-order valence-electron chi connectivity index (χ1n) is 26.9. The number of fused-ring (bicyclic) bond motifs is 14. The van der Waals surface area contributed by atoms with Gasteiger partial charge in [0.1, 0.15) is 0 Å². The van der Waals surface area contributed by atoms with Gasteiger partial charge in [0.25, 0.3) is 0 Å². The molecule has 8 heterocycles. The second-order valence-electron chi connectivity index (χ2n) is 21.9. The Hall–Kier alpha value is -6.16. The molecule has 0 amide bonds. The van der Waals surface area contributed by atoms with Gasteiger partial charge >= 0.3 is 0 Å². The average Bonchev–Trinajstić information content (AvgIpc) is 4.20. The highest BCUT2D eigenvalue weighted by Crippen LogP contribution is 2.43. The molecule has 372 valence electrons. The summed E-state index contributed by atoms with van der Waals surface area (Å²) in [5.41, 5.74) is 22.4. The Kier molecular flexibility index (Phi) is 13.9. The van der Waals surface area contributed by atoms with E-state index in [-0.39, 0.29) is 0 Å². The summed E-state index contributed by atoms with van der Waals surface area (Å²) in [6, 6.07) is 45.9. The van der Waals surface area contributed by atoms with Crippen LogP contribution in [0.2, 0.25) is 0 Å². The lowest BCUT2D eigenvalue weighted by atomic mass is 9.85. The molecule has 8 nitrogen and oxygen atoms in total. The van der Waals surface area contributed by atoms with Gasteiger partial charge < -0.3 is 33.4 Å². The SMILES string of the molecule is CN1CCc2[nH]c3ccccc3c2C1.CN1CCc2c(c3ccccc3n2C)C1.CN1CCc2c(n(C)c3ccccc23)C1.CN1CCn2c(cc3ccccc32)C1.C[C@H]1CCC2=C(Cc3ccccc32)C1. The number of H-pyrrole nitrogens is 1. The van der Waals surface area contributed by atoms with Crippen LogP contribution in [0.4, 0.5) is 0 Å². The molecule has 8 heteroatoms. The van der Waals surface area contributed by atoms with Crippen LogP contribution in [0.3, 0.4) is 0 Å². The maximum absolute atomic E-state index is 3.51. The van der Waals surface area contributed by atoms with Gasteiger partial charge in [0.05, 0.1) is 0 Å². The van der Waals surface area contributed by atoms with Crippen molar-refractivity contribution in [1.29, 1.82) is 0 Å². The molecule has 0 fully saturated rings. The van der Waals surface area contributed by atoms with Gasteiger partial charge in [-0.25, -0.2) is 0 Å².